The molecule has 1 fully saturated rings. The van der Waals surface area contributed by atoms with E-state index in [4.69, 9.17) is 4.74 Å². The van der Waals surface area contributed by atoms with Crippen LogP contribution in [0.3, 0.4) is 0 Å². The zero-order chi connectivity index (χ0) is 29.2. The number of nitrogens with one attached hydrogen (secondary N) is 1. The molecule has 0 atom stereocenters. The predicted molar refractivity (Wildman–Crippen MR) is 155 cm³/mol. The van der Waals surface area contributed by atoms with E-state index in [1.54, 1.807) is 6.07 Å². The Morgan fingerprint density at radius 3 is 2.39 bits per heavy atom. The van der Waals surface area contributed by atoms with E-state index < -0.39 is 11.7 Å². The van der Waals surface area contributed by atoms with Gasteiger partial charge in [-0.2, -0.15) is 13.2 Å². The molecule has 41 heavy (non-hydrogen) atoms. The van der Waals surface area contributed by atoms with Gasteiger partial charge in [-0.3, -0.25) is 9.69 Å². The van der Waals surface area contributed by atoms with E-state index in [2.05, 4.69) is 33.0 Å². The number of piperidine rings is 1. The average Bonchev–Trinajstić information content (AvgIpc) is 2.95. The van der Waals surface area contributed by atoms with Crippen molar-refractivity contribution < 1.29 is 22.7 Å². The highest BCUT2D eigenvalue weighted by molar-refractivity contribution is 5.94. The molecular weight excluding hydrogens is 527 g/mol. The van der Waals surface area contributed by atoms with Crippen LogP contribution < -0.4 is 10.1 Å². The van der Waals surface area contributed by atoms with E-state index in [9.17, 15) is 18.0 Å². The normalized spacial score (nSPS) is 14.4. The third kappa shape index (κ3) is 9.66. The maximum Gasteiger partial charge on any atom is 0.416 e. The standard InChI is InChI=1S/C33H36F3N3O2/c1-38(2)19-5-18-37-32(40)28-8-4-9-31(23-28)41-30-16-20-39(21-17-30)24-27-7-3-6-26(22-27)11-10-25-12-14-29(15-13-25)33(34,35)36/h3-4,6-9,12-15,22-23,30H,5,16-21,24H2,1-2H3,(H,37,40). The number of halogens is 3. The molecule has 216 valence electrons. The van der Waals surface area contributed by atoms with Gasteiger partial charge in [0.05, 0.1) is 5.56 Å². The molecule has 8 heteroatoms. The van der Waals surface area contributed by atoms with Gasteiger partial charge in [-0.15, -0.1) is 0 Å². The summed E-state index contributed by atoms with van der Waals surface area (Å²) in [4.78, 5) is 17.0. The summed E-state index contributed by atoms with van der Waals surface area (Å²) in [7, 11) is 4.03. The van der Waals surface area contributed by atoms with Crippen molar-refractivity contribution >= 4 is 5.91 Å². The van der Waals surface area contributed by atoms with Crippen molar-refractivity contribution in [1.82, 2.24) is 15.1 Å². The van der Waals surface area contributed by atoms with E-state index in [0.29, 0.717) is 23.4 Å². The topological polar surface area (TPSA) is 44.8 Å². The predicted octanol–water partition coefficient (Wildman–Crippen LogP) is 5.83. The molecule has 0 aromatic heterocycles. The molecule has 1 N–H and O–H groups in total. The van der Waals surface area contributed by atoms with E-state index >= 15 is 0 Å². The minimum Gasteiger partial charge on any atom is -0.490 e. The number of benzene rings is 3. The van der Waals surface area contributed by atoms with E-state index in [0.717, 1.165) is 68.7 Å². The molecule has 1 saturated heterocycles. The fourth-order valence-electron chi connectivity index (χ4n) is 4.68. The maximum absolute atomic E-state index is 12.8. The number of likely N-dealkylation sites (tertiary alicyclic amines) is 1. The van der Waals surface area contributed by atoms with Crippen molar-refractivity contribution in [3.05, 3.63) is 101 Å². The summed E-state index contributed by atoms with van der Waals surface area (Å²) in [6, 6.07) is 20.2. The average molecular weight is 564 g/mol. The summed E-state index contributed by atoms with van der Waals surface area (Å²) in [5, 5.41) is 2.97. The first-order chi connectivity index (χ1) is 19.7. The third-order valence-corrected chi connectivity index (χ3v) is 6.90. The van der Waals surface area contributed by atoms with Gasteiger partial charge in [0.25, 0.3) is 5.91 Å². The number of carbonyl (C=O) groups is 1. The maximum atomic E-state index is 12.8. The van der Waals surface area contributed by atoms with Crippen LogP contribution in [0.15, 0.2) is 72.8 Å². The molecule has 1 aliphatic heterocycles. The number of amides is 1. The Morgan fingerprint density at radius 2 is 1.68 bits per heavy atom. The van der Waals surface area contributed by atoms with Crippen LogP contribution in [0.4, 0.5) is 13.2 Å². The summed E-state index contributed by atoms with van der Waals surface area (Å²) in [5.74, 6) is 6.64. The summed E-state index contributed by atoms with van der Waals surface area (Å²) >= 11 is 0. The van der Waals surface area contributed by atoms with Crippen LogP contribution in [0.1, 0.15) is 51.9 Å². The van der Waals surface area contributed by atoms with Crippen LogP contribution in [0.25, 0.3) is 0 Å². The number of hydrogen-bond acceptors (Lipinski definition) is 4. The van der Waals surface area contributed by atoms with E-state index in [1.807, 2.05) is 50.5 Å². The van der Waals surface area contributed by atoms with Crippen LogP contribution in [-0.4, -0.2) is 62.1 Å². The lowest BCUT2D eigenvalue weighted by molar-refractivity contribution is -0.137. The van der Waals surface area contributed by atoms with Crippen molar-refractivity contribution in [2.45, 2.75) is 38.1 Å². The van der Waals surface area contributed by atoms with E-state index in [1.165, 1.54) is 12.1 Å². The molecule has 5 nitrogen and oxygen atoms in total. The summed E-state index contributed by atoms with van der Waals surface area (Å²) in [5.41, 5.74) is 2.42. The highest BCUT2D eigenvalue weighted by atomic mass is 19.4. The second kappa shape index (κ2) is 14.2. The lowest BCUT2D eigenvalue weighted by Crippen LogP contribution is -2.37. The van der Waals surface area contributed by atoms with Crippen molar-refractivity contribution in [2.75, 3.05) is 40.3 Å². The first-order valence-corrected chi connectivity index (χ1v) is 13.9. The Bertz CT molecular complexity index is 1350. The monoisotopic (exact) mass is 563 g/mol. The molecule has 3 aromatic rings. The minimum atomic E-state index is -4.35. The van der Waals surface area contributed by atoms with Crippen molar-refractivity contribution in [1.29, 1.82) is 0 Å². The van der Waals surface area contributed by atoms with Crippen molar-refractivity contribution in [3.8, 4) is 17.6 Å². The van der Waals surface area contributed by atoms with Gasteiger partial charge in [0.15, 0.2) is 0 Å². The summed E-state index contributed by atoms with van der Waals surface area (Å²) in [6.07, 6.45) is -1.60. The highest BCUT2D eigenvalue weighted by Crippen LogP contribution is 2.29. The first kappa shape index (κ1) is 30.2. The molecule has 0 bridgehead atoms. The van der Waals surface area contributed by atoms with Gasteiger partial charge in [0, 0.05) is 42.9 Å². The summed E-state index contributed by atoms with van der Waals surface area (Å²) in [6.45, 7) is 4.12. The Balaban J connectivity index is 1.25. The quantitative estimate of drug-likeness (QED) is 0.263. The Labute approximate surface area is 240 Å². The lowest BCUT2D eigenvalue weighted by atomic mass is 10.1. The van der Waals surface area contributed by atoms with Gasteiger partial charge < -0.3 is 15.0 Å². The number of hydrogen-bond donors (Lipinski definition) is 1. The molecular formula is C33H36F3N3O2. The fourth-order valence-corrected chi connectivity index (χ4v) is 4.68. The van der Waals surface area contributed by atoms with Crippen LogP contribution in [-0.2, 0) is 12.7 Å². The summed E-state index contributed by atoms with van der Waals surface area (Å²) < 4.78 is 44.5. The Hall–Kier alpha value is -3.80. The molecule has 1 aliphatic rings. The lowest BCUT2D eigenvalue weighted by Gasteiger charge is -2.32. The van der Waals surface area contributed by atoms with Gasteiger partial charge >= 0.3 is 6.18 Å². The van der Waals surface area contributed by atoms with Crippen molar-refractivity contribution in [3.63, 3.8) is 0 Å². The fraction of sp³-hybridized carbons (Fsp3) is 0.364. The zero-order valence-corrected chi connectivity index (χ0v) is 23.5. The van der Waals surface area contributed by atoms with Gasteiger partial charge in [-0.1, -0.05) is 30.0 Å². The Morgan fingerprint density at radius 1 is 0.976 bits per heavy atom. The molecule has 1 amide bonds. The number of nitrogens with zero attached hydrogens (tertiary/aromatic N) is 2. The van der Waals surface area contributed by atoms with E-state index in [-0.39, 0.29) is 12.0 Å². The van der Waals surface area contributed by atoms with Crippen LogP contribution in [0.2, 0.25) is 0 Å². The molecule has 0 spiro atoms. The zero-order valence-electron chi connectivity index (χ0n) is 23.5. The smallest absolute Gasteiger partial charge is 0.416 e. The molecule has 4 rings (SSSR count). The number of ether oxygens (including phenoxy) is 1. The second-order valence-corrected chi connectivity index (χ2v) is 10.6. The van der Waals surface area contributed by atoms with Gasteiger partial charge in [-0.25, -0.2) is 0 Å². The number of carbonyl (C=O) groups excluding carboxylic acids is 1. The molecule has 0 aliphatic carbocycles. The van der Waals surface area contributed by atoms with Crippen LogP contribution >= 0.6 is 0 Å². The van der Waals surface area contributed by atoms with Crippen LogP contribution in [0, 0.1) is 11.8 Å². The molecule has 1 heterocycles. The number of rotatable bonds is 9. The SMILES string of the molecule is CN(C)CCCNC(=O)c1cccc(OC2CCN(Cc3cccc(C#Cc4ccc(C(F)(F)F)cc4)c3)CC2)c1. The molecule has 3 aromatic carbocycles. The minimum absolute atomic E-state index is 0.0877. The molecule has 0 radical (unpaired) electrons. The third-order valence-electron chi connectivity index (χ3n) is 6.90. The number of alkyl halides is 3. The second-order valence-electron chi connectivity index (χ2n) is 10.6. The largest absolute Gasteiger partial charge is 0.490 e. The van der Waals surface area contributed by atoms with Gasteiger partial charge in [0.2, 0.25) is 0 Å². The molecule has 0 saturated carbocycles. The highest BCUT2D eigenvalue weighted by Gasteiger charge is 2.29. The molecule has 0 unspecified atom stereocenters. The Kier molecular flexibility index (Phi) is 10.4. The first-order valence-electron chi connectivity index (χ1n) is 13.9. The van der Waals surface area contributed by atoms with Crippen LogP contribution in [0.5, 0.6) is 5.75 Å². The van der Waals surface area contributed by atoms with Gasteiger partial charge in [-0.05, 0) is 100 Å². The van der Waals surface area contributed by atoms with Crippen molar-refractivity contribution in [2.24, 2.45) is 0 Å². The van der Waals surface area contributed by atoms with Gasteiger partial charge in [0.1, 0.15) is 11.9 Å².